The molecule has 0 unspecified atom stereocenters. The lowest BCUT2D eigenvalue weighted by molar-refractivity contribution is 0.0944. The largest absolute Gasteiger partial charge is 0.350 e. The fourth-order valence-corrected chi connectivity index (χ4v) is 2.71. The fraction of sp³-hybridized carbons (Fsp3) is 0.200. The van der Waals surface area contributed by atoms with Crippen LogP contribution in [0.1, 0.15) is 29.8 Å². The maximum absolute atomic E-state index is 12.6. The third-order valence-electron chi connectivity index (χ3n) is 3.82. The summed E-state index contributed by atoms with van der Waals surface area (Å²) in [6, 6.07) is 18.0. The van der Waals surface area contributed by atoms with Crippen molar-refractivity contribution in [3.8, 4) is 16.9 Å². The van der Waals surface area contributed by atoms with Crippen molar-refractivity contribution in [1.82, 2.24) is 15.1 Å². The molecule has 2 aromatic carbocycles. The SMILES string of the molecule is Cc1ccccc1-n1ncc(C(=O)NC(C)C)c1-c1ccccc1. The average Bonchev–Trinajstić information content (AvgIpc) is 3.00. The molecule has 1 heterocycles. The average molecular weight is 319 g/mol. The molecule has 0 fully saturated rings. The first-order valence-corrected chi connectivity index (χ1v) is 8.08. The second-order valence-electron chi connectivity index (χ2n) is 6.10. The summed E-state index contributed by atoms with van der Waals surface area (Å²) >= 11 is 0. The van der Waals surface area contributed by atoms with Crippen LogP contribution >= 0.6 is 0 Å². The quantitative estimate of drug-likeness (QED) is 0.790. The summed E-state index contributed by atoms with van der Waals surface area (Å²) in [6.45, 7) is 5.94. The Morgan fingerprint density at radius 2 is 1.71 bits per heavy atom. The molecule has 0 aliphatic rings. The second-order valence-corrected chi connectivity index (χ2v) is 6.10. The summed E-state index contributed by atoms with van der Waals surface area (Å²) in [5, 5.41) is 7.46. The minimum atomic E-state index is -0.108. The number of aryl methyl sites for hydroxylation is 1. The highest BCUT2D eigenvalue weighted by Crippen LogP contribution is 2.27. The van der Waals surface area contributed by atoms with E-state index in [-0.39, 0.29) is 11.9 Å². The van der Waals surface area contributed by atoms with Gasteiger partial charge in [0, 0.05) is 11.6 Å². The maximum Gasteiger partial charge on any atom is 0.255 e. The van der Waals surface area contributed by atoms with Gasteiger partial charge >= 0.3 is 0 Å². The minimum Gasteiger partial charge on any atom is -0.350 e. The van der Waals surface area contributed by atoms with Crippen LogP contribution in [0.2, 0.25) is 0 Å². The zero-order valence-corrected chi connectivity index (χ0v) is 14.2. The lowest BCUT2D eigenvalue weighted by atomic mass is 10.1. The number of nitrogens with one attached hydrogen (secondary N) is 1. The second kappa shape index (κ2) is 6.71. The Labute approximate surface area is 142 Å². The number of hydrogen-bond donors (Lipinski definition) is 1. The molecule has 1 amide bonds. The summed E-state index contributed by atoms with van der Waals surface area (Å²) in [5.74, 6) is -0.108. The standard InChI is InChI=1S/C20H21N3O/c1-14(2)22-20(24)17-13-21-23(18-12-8-7-9-15(18)3)19(17)16-10-5-4-6-11-16/h4-14H,1-3H3,(H,22,24). The van der Waals surface area contributed by atoms with Crippen molar-refractivity contribution < 1.29 is 4.79 Å². The van der Waals surface area contributed by atoms with Crippen LogP contribution in [0, 0.1) is 6.92 Å². The molecule has 0 spiro atoms. The molecule has 3 rings (SSSR count). The van der Waals surface area contributed by atoms with Crippen LogP contribution in [0.15, 0.2) is 60.8 Å². The summed E-state index contributed by atoms with van der Waals surface area (Å²) in [6.07, 6.45) is 1.65. The normalized spacial score (nSPS) is 10.8. The van der Waals surface area contributed by atoms with Crippen LogP contribution in [0.3, 0.4) is 0 Å². The molecule has 122 valence electrons. The molecule has 3 aromatic rings. The van der Waals surface area contributed by atoms with E-state index in [1.807, 2.05) is 80.1 Å². The summed E-state index contributed by atoms with van der Waals surface area (Å²) in [4.78, 5) is 12.6. The highest BCUT2D eigenvalue weighted by molar-refractivity contribution is 6.00. The predicted octanol–water partition coefficient (Wildman–Crippen LogP) is 3.99. The van der Waals surface area contributed by atoms with E-state index < -0.39 is 0 Å². The van der Waals surface area contributed by atoms with Crippen molar-refractivity contribution in [2.75, 3.05) is 0 Å². The van der Waals surface area contributed by atoms with E-state index in [9.17, 15) is 4.79 Å². The zero-order valence-electron chi connectivity index (χ0n) is 14.2. The maximum atomic E-state index is 12.6. The smallest absolute Gasteiger partial charge is 0.255 e. The Hall–Kier alpha value is -2.88. The van der Waals surface area contributed by atoms with Gasteiger partial charge in [0.05, 0.1) is 23.1 Å². The van der Waals surface area contributed by atoms with Crippen molar-refractivity contribution in [3.05, 3.63) is 71.9 Å². The zero-order chi connectivity index (χ0) is 17.1. The molecule has 1 aromatic heterocycles. The number of hydrogen-bond acceptors (Lipinski definition) is 2. The Morgan fingerprint density at radius 1 is 1.04 bits per heavy atom. The van der Waals surface area contributed by atoms with Gasteiger partial charge in [0.15, 0.2) is 0 Å². The van der Waals surface area contributed by atoms with E-state index in [2.05, 4.69) is 10.4 Å². The van der Waals surface area contributed by atoms with E-state index in [0.717, 1.165) is 22.5 Å². The molecule has 24 heavy (non-hydrogen) atoms. The van der Waals surface area contributed by atoms with Gasteiger partial charge in [-0.2, -0.15) is 5.10 Å². The predicted molar refractivity (Wildman–Crippen MR) is 96.3 cm³/mol. The molecule has 1 N–H and O–H groups in total. The first-order valence-electron chi connectivity index (χ1n) is 8.08. The molecule has 0 bridgehead atoms. The van der Waals surface area contributed by atoms with E-state index in [1.165, 1.54) is 0 Å². The van der Waals surface area contributed by atoms with Crippen molar-refractivity contribution >= 4 is 5.91 Å². The summed E-state index contributed by atoms with van der Waals surface area (Å²) in [7, 11) is 0. The van der Waals surface area contributed by atoms with Crippen LogP contribution in [0.25, 0.3) is 16.9 Å². The third-order valence-corrected chi connectivity index (χ3v) is 3.82. The van der Waals surface area contributed by atoms with Crippen molar-refractivity contribution in [3.63, 3.8) is 0 Å². The summed E-state index contributed by atoms with van der Waals surface area (Å²) in [5.41, 5.74) is 4.43. The van der Waals surface area contributed by atoms with Crippen molar-refractivity contribution in [2.45, 2.75) is 26.8 Å². The molecular formula is C20H21N3O. The van der Waals surface area contributed by atoms with E-state index in [0.29, 0.717) is 5.56 Å². The lowest BCUT2D eigenvalue weighted by Crippen LogP contribution is -2.30. The van der Waals surface area contributed by atoms with Crippen molar-refractivity contribution in [2.24, 2.45) is 0 Å². The number of rotatable bonds is 4. The number of carbonyl (C=O) groups excluding carboxylic acids is 1. The molecule has 0 aliphatic carbocycles. The Bertz CT molecular complexity index is 850. The van der Waals surface area contributed by atoms with Gasteiger partial charge in [-0.05, 0) is 32.4 Å². The van der Waals surface area contributed by atoms with Gasteiger partial charge in [0.1, 0.15) is 0 Å². The van der Waals surface area contributed by atoms with Crippen LogP contribution in [0.5, 0.6) is 0 Å². The number of para-hydroxylation sites is 1. The Morgan fingerprint density at radius 3 is 2.38 bits per heavy atom. The first-order chi connectivity index (χ1) is 11.6. The van der Waals surface area contributed by atoms with Gasteiger partial charge in [-0.15, -0.1) is 0 Å². The molecule has 4 nitrogen and oxygen atoms in total. The summed E-state index contributed by atoms with van der Waals surface area (Å²) < 4.78 is 1.85. The number of carbonyl (C=O) groups is 1. The molecule has 0 radical (unpaired) electrons. The van der Waals surface area contributed by atoms with E-state index in [1.54, 1.807) is 6.20 Å². The van der Waals surface area contributed by atoms with E-state index >= 15 is 0 Å². The van der Waals surface area contributed by atoms with Gasteiger partial charge in [-0.25, -0.2) is 4.68 Å². The number of aromatic nitrogens is 2. The molecule has 0 aliphatic heterocycles. The Kier molecular flexibility index (Phi) is 4.47. The fourth-order valence-electron chi connectivity index (χ4n) is 2.71. The number of amides is 1. The van der Waals surface area contributed by atoms with E-state index in [4.69, 9.17) is 0 Å². The third kappa shape index (κ3) is 3.08. The number of benzene rings is 2. The Balaban J connectivity index is 2.19. The van der Waals surface area contributed by atoms with Gasteiger partial charge in [-0.1, -0.05) is 48.5 Å². The van der Waals surface area contributed by atoms with Gasteiger partial charge < -0.3 is 5.32 Å². The van der Waals surface area contributed by atoms with Crippen molar-refractivity contribution in [1.29, 1.82) is 0 Å². The lowest BCUT2D eigenvalue weighted by Gasteiger charge is -2.13. The first kappa shape index (κ1) is 16.0. The molecular weight excluding hydrogens is 298 g/mol. The highest BCUT2D eigenvalue weighted by atomic mass is 16.1. The van der Waals surface area contributed by atoms with Gasteiger partial charge in [-0.3, -0.25) is 4.79 Å². The molecule has 0 atom stereocenters. The van der Waals surface area contributed by atoms with Crippen LogP contribution in [-0.2, 0) is 0 Å². The topological polar surface area (TPSA) is 46.9 Å². The number of nitrogens with zero attached hydrogens (tertiary/aromatic N) is 2. The van der Waals surface area contributed by atoms with Crippen LogP contribution in [-0.4, -0.2) is 21.7 Å². The van der Waals surface area contributed by atoms with Crippen LogP contribution < -0.4 is 5.32 Å². The van der Waals surface area contributed by atoms with Gasteiger partial charge in [0.2, 0.25) is 0 Å². The minimum absolute atomic E-state index is 0.0722. The van der Waals surface area contributed by atoms with Crippen LogP contribution in [0.4, 0.5) is 0 Å². The molecule has 0 saturated heterocycles. The molecule has 0 saturated carbocycles. The monoisotopic (exact) mass is 319 g/mol. The highest BCUT2D eigenvalue weighted by Gasteiger charge is 2.20. The van der Waals surface area contributed by atoms with Gasteiger partial charge in [0.25, 0.3) is 5.91 Å². The molecule has 4 heteroatoms.